The Hall–Kier alpha value is -2.64. The predicted molar refractivity (Wildman–Crippen MR) is 101 cm³/mol. The number of aromatic nitrogens is 2. The molecule has 0 spiro atoms. The van der Waals surface area contributed by atoms with Gasteiger partial charge >= 0.3 is 5.97 Å². The summed E-state index contributed by atoms with van der Waals surface area (Å²) in [6, 6.07) is 13.7. The number of hydrogen-bond acceptors (Lipinski definition) is 5. The van der Waals surface area contributed by atoms with E-state index in [1.54, 1.807) is 36.5 Å². The summed E-state index contributed by atoms with van der Waals surface area (Å²) in [5.74, 6) is -0.0349. The Bertz CT molecular complexity index is 925. The van der Waals surface area contributed by atoms with Gasteiger partial charge in [-0.05, 0) is 23.8 Å². The molecule has 0 aliphatic carbocycles. The van der Waals surface area contributed by atoms with E-state index in [1.807, 2.05) is 16.7 Å². The lowest BCUT2D eigenvalue weighted by molar-refractivity contribution is 0.0600. The lowest BCUT2D eigenvalue weighted by Crippen LogP contribution is -2.07. The van der Waals surface area contributed by atoms with Crippen molar-refractivity contribution in [3.63, 3.8) is 0 Å². The van der Waals surface area contributed by atoms with Gasteiger partial charge in [0.1, 0.15) is 5.82 Å². The monoisotopic (exact) mass is 386 g/mol. The van der Waals surface area contributed by atoms with Crippen LogP contribution in [0.15, 0.2) is 59.9 Å². The van der Waals surface area contributed by atoms with E-state index in [2.05, 4.69) is 4.98 Å². The number of thioether (sulfide) groups is 1. The van der Waals surface area contributed by atoms with E-state index in [0.29, 0.717) is 34.3 Å². The standard InChI is InChI=1S/C20H19FN2O3S/c1-26-19(25)15-8-6-14(7-9-15)13-27-20-22-10-17(12-24)23(20)11-16-4-2-3-5-18(16)21/h2-10,24H,11-13H2,1H3. The SMILES string of the molecule is COC(=O)c1ccc(CSc2ncc(CO)n2Cc2ccccc2F)cc1. The van der Waals surface area contributed by atoms with E-state index >= 15 is 0 Å². The minimum atomic E-state index is -0.373. The Morgan fingerprint density at radius 2 is 1.96 bits per heavy atom. The second-order valence-electron chi connectivity index (χ2n) is 5.84. The fourth-order valence-corrected chi connectivity index (χ4v) is 3.56. The van der Waals surface area contributed by atoms with E-state index in [4.69, 9.17) is 4.74 Å². The molecule has 0 aliphatic rings. The largest absolute Gasteiger partial charge is 0.465 e. The van der Waals surface area contributed by atoms with Gasteiger partial charge in [0.2, 0.25) is 0 Å². The van der Waals surface area contributed by atoms with E-state index in [0.717, 1.165) is 5.56 Å². The van der Waals surface area contributed by atoms with Crippen molar-refractivity contribution in [3.8, 4) is 0 Å². The van der Waals surface area contributed by atoms with Crippen molar-refractivity contribution in [1.82, 2.24) is 9.55 Å². The smallest absolute Gasteiger partial charge is 0.337 e. The molecule has 0 bridgehead atoms. The molecule has 1 N–H and O–H groups in total. The van der Waals surface area contributed by atoms with E-state index in [9.17, 15) is 14.3 Å². The van der Waals surface area contributed by atoms with Gasteiger partial charge in [0.15, 0.2) is 5.16 Å². The number of nitrogens with zero attached hydrogens (tertiary/aromatic N) is 2. The first-order chi connectivity index (χ1) is 13.1. The summed E-state index contributed by atoms with van der Waals surface area (Å²) in [7, 11) is 1.35. The quantitative estimate of drug-likeness (QED) is 0.496. The lowest BCUT2D eigenvalue weighted by atomic mass is 10.1. The molecule has 0 unspecified atom stereocenters. The van der Waals surface area contributed by atoms with Crippen molar-refractivity contribution in [1.29, 1.82) is 0 Å². The summed E-state index contributed by atoms with van der Waals surface area (Å²) in [5.41, 5.74) is 2.67. The molecule has 3 rings (SSSR count). The minimum Gasteiger partial charge on any atom is -0.465 e. The van der Waals surface area contributed by atoms with Gasteiger partial charge in [-0.25, -0.2) is 14.2 Å². The molecule has 5 nitrogen and oxygen atoms in total. The molecule has 0 saturated carbocycles. The highest BCUT2D eigenvalue weighted by Gasteiger charge is 2.13. The van der Waals surface area contributed by atoms with Crippen molar-refractivity contribution >= 4 is 17.7 Å². The molecule has 27 heavy (non-hydrogen) atoms. The molecule has 0 amide bonds. The van der Waals surface area contributed by atoms with Gasteiger partial charge in [0.25, 0.3) is 0 Å². The number of carbonyl (C=O) groups excluding carboxylic acids is 1. The van der Waals surface area contributed by atoms with Crippen LogP contribution in [0, 0.1) is 5.82 Å². The van der Waals surface area contributed by atoms with Crippen LogP contribution < -0.4 is 0 Å². The minimum absolute atomic E-state index is 0.171. The Balaban J connectivity index is 1.74. The number of esters is 1. The first-order valence-corrected chi connectivity index (χ1v) is 9.29. The van der Waals surface area contributed by atoms with Crippen LogP contribution in [0.25, 0.3) is 0 Å². The number of benzene rings is 2. The van der Waals surface area contributed by atoms with Gasteiger partial charge in [0.05, 0.1) is 37.7 Å². The first-order valence-electron chi connectivity index (χ1n) is 8.31. The second-order valence-corrected chi connectivity index (χ2v) is 6.79. The number of aliphatic hydroxyl groups excluding tert-OH is 1. The van der Waals surface area contributed by atoms with E-state index in [-0.39, 0.29) is 18.4 Å². The molecular weight excluding hydrogens is 367 g/mol. The molecule has 0 aliphatic heterocycles. The molecule has 3 aromatic rings. The van der Waals surface area contributed by atoms with Crippen LogP contribution in [-0.4, -0.2) is 27.7 Å². The van der Waals surface area contributed by atoms with E-state index in [1.165, 1.54) is 24.9 Å². The third-order valence-electron chi connectivity index (χ3n) is 4.09. The third-order valence-corrected chi connectivity index (χ3v) is 5.15. The molecular formula is C20H19FN2O3S. The Labute approximate surface area is 160 Å². The van der Waals surface area contributed by atoms with Crippen LogP contribution in [0.2, 0.25) is 0 Å². The van der Waals surface area contributed by atoms with Crippen LogP contribution in [-0.2, 0) is 23.6 Å². The summed E-state index contributed by atoms with van der Waals surface area (Å²) in [4.78, 5) is 15.8. The topological polar surface area (TPSA) is 64.3 Å². The fraction of sp³-hybridized carbons (Fsp3) is 0.200. The van der Waals surface area contributed by atoms with Crippen LogP contribution in [0.4, 0.5) is 4.39 Å². The molecule has 1 heterocycles. The zero-order valence-corrected chi connectivity index (χ0v) is 15.6. The summed E-state index contributed by atoms with van der Waals surface area (Å²) in [6.07, 6.45) is 1.60. The molecule has 1 aromatic heterocycles. The van der Waals surface area contributed by atoms with Crippen LogP contribution >= 0.6 is 11.8 Å². The molecule has 0 fully saturated rings. The first kappa shape index (κ1) is 19.1. The molecule has 0 saturated heterocycles. The van der Waals surface area contributed by atoms with E-state index < -0.39 is 0 Å². The third kappa shape index (κ3) is 4.56. The number of imidazole rings is 1. The molecule has 7 heteroatoms. The van der Waals surface area contributed by atoms with Gasteiger partial charge in [-0.3, -0.25) is 0 Å². The zero-order chi connectivity index (χ0) is 19.2. The van der Waals surface area contributed by atoms with Crippen LogP contribution in [0.3, 0.4) is 0 Å². The Morgan fingerprint density at radius 3 is 2.63 bits per heavy atom. The van der Waals surface area contributed by atoms with Crippen molar-refractivity contribution in [2.45, 2.75) is 24.1 Å². The maximum Gasteiger partial charge on any atom is 0.337 e. The lowest BCUT2D eigenvalue weighted by Gasteiger charge is -2.11. The van der Waals surface area contributed by atoms with Crippen LogP contribution in [0.1, 0.15) is 27.2 Å². The van der Waals surface area contributed by atoms with Crippen molar-refractivity contribution in [3.05, 3.63) is 82.9 Å². The number of methoxy groups -OCH3 is 1. The summed E-state index contributed by atoms with van der Waals surface area (Å²) >= 11 is 1.48. The number of hydrogen-bond donors (Lipinski definition) is 1. The maximum absolute atomic E-state index is 14.0. The highest BCUT2D eigenvalue weighted by molar-refractivity contribution is 7.98. The molecule has 140 valence electrons. The maximum atomic E-state index is 14.0. The van der Waals surface area contributed by atoms with Crippen molar-refractivity contribution in [2.24, 2.45) is 0 Å². The predicted octanol–water partition coefficient (Wildman–Crippen LogP) is 3.64. The molecule has 0 atom stereocenters. The van der Waals surface area contributed by atoms with Crippen molar-refractivity contribution in [2.75, 3.05) is 7.11 Å². The zero-order valence-electron chi connectivity index (χ0n) is 14.8. The Kier molecular flexibility index (Phi) is 6.26. The summed E-state index contributed by atoms with van der Waals surface area (Å²) < 4.78 is 20.5. The molecule has 0 radical (unpaired) electrons. The summed E-state index contributed by atoms with van der Waals surface area (Å²) in [5, 5.41) is 10.3. The van der Waals surface area contributed by atoms with Gasteiger partial charge in [-0.2, -0.15) is 0 Å². The fourth-order valence-electron chi connectivity index (χ4n) is 2.60. The highest BCUT2D eigenvalue weighted by Crippen LogP contribution is 2.25. The highest BCUT2D eigenvalue weighted by atomic mass is 32.2. The second kappa shape index (κ2) is 8.83. The number of rotatable bonds is 7. The van der Waals surface area contributed by atoms with Gasteiger partial charge in [-0.1, -0.05) is 42.1 Å². The number of halogens is 1. The number of carbonyl (C=O) groups is 1. The Morgan fingerprint density at radius 1 is 1.22 bits per heavy atom. The van der Waals surface area contributed by atoms with Crippen LogP contribution in [0.5, 0.6) is 0 Å². The average Bonchev–Trinajstić information content (AvgIpc) is 3.09. The normalized spacial score (nSPS) is 10.8. The van der Waals surface area contributed by atoms with Gasteiger partial charge < -0.3 is 14.4 Å². The molecule has 2 aromatic carbocycles. The summed E-state index contributed by atoms with van der Waals surface area (Å²) in [6.45, 7) is 0.127. The van der Waals surface area contributed by atoms with Gasteiger partial charge in [0, 0.05) is 11.3 Å². The number of ether oxygens (including phenoxy) is 1. The number of aliphatic hydroxyl groups is 1. The van der Waals surface area contributed by atoms with Crippen molar-refractivity contribution < 1.29 is 19.0 Å². The average molecular weight is 386 g/mol. The van der Waals surface area contributed by atoms with Gasteiger partial charge in [-0.15, -0.1) is 0 Å².